The van der Waals surface area contributed by atoms with Crippen LogP contribution >= 0.6 is 11.8 Å². The van der Waals surface area contributed by atoms with Gasteiger partial charge >= 0.3 is 0 Å². The number of aryl methyl sites for hydroxylation is 1. The Morgan fingerprint density at radius 1 is 1.00 bits per heavy atom. The van der Waals surface area contributed by atoms with E-state index in [0.717, 1.165) is 4.90 Å². The number of nitrogens with one attached hydrogen (secondary N) is 1. The Hall–Kier alpha value is -2.07. The van der Waals surface area contributed by atoms with Crippen molar-refractivity contribution in [1.82, 2.24) is 0 Å². The largest absolute Gasteiger partial charge is 0.325 e. The normalized spacial score (nSPS) is 11.8. The Labute approximate surface area is 135 Å². The average molecular weight is 313 g/mol. The van der Waals surface area contributed by atoms with Crippen LogP contribution in [0.25, 0.3) is 0 Å². The number of carbonyl (C=O) groups is 2. The van der Waals surface area contributed by atoms with E-state index in [4.69, 9.17) is 0 Å². The predicted octanol–water partition coefficient (Wildman–Crippen LogP) is 4.32. The Morgan fingerprint density at radius 3 is 2.14 bits per heavy atom. The lowest BCUT2D eigenvalue weighted by molar-refractivity contribution is -0.115. The molecular weight excluding hydrogens is 294 g/mol. The number of amides is 1. The minimum atomic E-state index is -0.199. The van der Waals surface area contributed by atoms with Crippen LogP contribution in [0, 0.1) is 6.92 Å². The minimum absolute atomic E-state index is 0.0150. The molecule has 4 heteroatoms. The summed E-state index contributed by atoms with van der Waals surface area (Å²) in [5.41, 5.74) is 2.54. The molecule has 0 bridgehead atoms. The van der Waals surface area contributed by atoms with E-state index in [9.17, 15) is 9.59 Å². The Bertz CT molecular complexity index is 662. The summed E-state index contributed by atoms with van der Waals surface area (Å²) >= 11 is 1.52. The van der Waals surface area contributed by atoms with Crippen molar-refractivity contribution in [3.8, 4) is 0 Å². The van der Waals surface area contributed by atoms with Crippen LogP contribution in [0.3, 0.4) is 0 Å². The summed E-state index contributed by atoms with van der Waals surface area (Å²) < 4.78 is 0. The fourth-order valence-electron chi connectivity index (χ4n) is 1.91. The summed E-state index contributed by atoms with van der Waals surface area (Å²) in [6.45, 7) is 5.44. The summed E-state index contributed by atoms with van der Waals surface area (Å²) in [6, 6.07) is 15.0. The van der Waals surface area contributed by atoms with Crippen molar-refractivity contribution in [3.63, 3.8) is 0 Å². The number of rotatable bonds is 5. The highest BCUT2D eigenvalue weighted by molar-refractivity contribution is 8.00. The van der Waals surface area contributed by atoms with Crippen LogP contribution < -0.4 is 5.32 Å². The molecule has 1 atom stereocenters. The first-order chi connectivity index (χ1) is 10.5. The quantitative estimate of drug-likeness (QED) is 0.660. The van der Waals surface area contributed by atoms with Crippen LogP contribution in [0.1, 0.15) is 29.8 Å². The number of hydrogen-bond donors (Lipinski definition) is 1. The van der Waals surface area contributed by atoms with Crippen LogP contribution in [0.2, 0.25) is 0 Å². The second-order valence-electron chi connectivity index (χ2n) is 5.20. The minimum Gasteiger partial charge on any atom is -0.325 e. The van der Waals surface area contributed by atoms with E-state index in [0.29, 0.717) is 11.3 Å². The lowest BCUT2D eigenvalue weighted by Crippen LogP contribution is -2.22. The zero-order valence-corrected chi connectivity index (χ0v) is 13.7. The first kappa shape index (κ1) is 16.3. The van der Waals surface area contributed by atoms with E-state index in [2.05, 4.69) is 5.32 Å². The molecular formula is C18H19NO2S. The van der Waals surface area contributed by atoms with Gasteiger partial charge < -0.3 is 5.32 Å². The molecule has 0 aliphatic carbocycles. The molecule has 0 aliphatic rings. The number of anilines is 1. The fourth-order valence-corrected chi connectivity index (χ4v) is 2.77. The van der Waals surface area contributed by atoms with Crippen molar-refractivity contribution in [2.45, 2.75) is 30.9 Å². The van der Waals surface area contributed by atoms with E-state index >= 15 is 0 Å². The molecule has 2 aromatic carbocycles. The maximum atomic E-state index is 12.2. The van der Waals surface area contributed by atoms with Crippen molar-refractivity contribution < 1.29 is 9.59 Å². The molecule has 0 heterocycles. The van der Waals surface area contributed by atoms with Gasteiger partial charge in [0, 0.05) is 16.1 Å². The Morgan fingerprint density at radius 2 is 1.59 bits per heavy atom. The SMILES string of the molecule is CC(=O)c1ccc(NC(=O)[C@H](C)Sc2ccc(C)cc2)cc1. The zero-order chi connectivity index (χ0) is 16.1. The summed E-state index contributed by atoms with van der Waals surface area (Å²) in [7, 11) is 0. The molecule has 22 heavy (non-hydrogen) atoms. The molecule has 1 amide bonds. The first-order valence-corrected chi connectivity index (χ1v) is 7.99. The van der Waals surface area contributed by atoms with Gasteiger partial charge in [0.25, 0.3) is 0 Å². The number of carbonyl (C=O) groups excluding carboxylic acids is 2. The molecule has 0 unspecified atom stereocenters. The van der Waals surface area contributed by atoms with Crippen molar-refractivity contribution in [2.75, 3.05) is 5.32 Å². The topological polar surface area (TPSA) is 46.2 Å². The van der Waals surface area contributed by atoms with Crippen molar-refractivity contribution in [3.05, 3.63) is 59.7 Å². The monoisotopic (exact) mass is 313 g/mol. The molecule has 0 fully saturated rings. The molecule has 0 radical (unpaired) electrons. The second kappa shape index (κ2) is 7.27. The zero-order valence-electron chi connectivity index (χ0n) is 12.9. The average Bonchev–Trinajstić information content (AvgIpc) is 2.50. The lowest BCUT2D eigenvalue weighted by Gasteiger charge is -2.12. The third-order valence-corrected chi connectivity index (χ3v) is 4.37. The van der Waals surface area contributed by atoms with Crippen LogP contribution in [-0.2, 0) is 4.79 Å². The number of ketones is 1. The maximum absolute atomic E-state index is 12.2. The molecule has 0 spiro atoms. The highest BCUT2D eigenvalue weighted by Crippen LogP contribution is 2.24. The molecule has 1 N–H and O–H groups in total. The molecule has 0 saturated carbocycles. The summed E-state index contributed by atoms with van der Waals surface area (Å²) in [5.74, 6) is -0.0395. The number of benzene rings is 2. The van der Waals surface area contributed by atoms with Crippen LogP contribution in [0.4, 0.5) is 5.69 Å². The third kappa shape index (κ3) is 4.46. The van der Waals surface area contributed by atoms with E-state index in [1.54, 1.807) is 24.3 Å². The van der Waals surface area contributed by atoms with Crippen molar-refractivity contribution in [2.24, 2.45) is 0 Å². The number of thioether (sulfide) groups is 1. The molecule has 0 aliphatic heterocycles. The molecule has 2 aromatic rings. The molecule has 114 valence electrons. The summed E-state index contributed by atoms with van der Waals surface area (Å²) in [6.07, 6.45) is 0. The van der Waals surface area contributed by atoms with E-state index in [1.807, 2.05) is 38.1 Å². The molecule has 0 saturated heterocycles. The van der Waals surface area contributed by atoms with E-state index < -0.39 is 0 Å². The van der Waals surface area contributed by atoms with Gasteiger partial charge in [-0.15, -0.1) is 11.8 Å². The summed E-state index contributed by atoms with van der Waals surface area (Å²) in [4.78, 5) is 24.5. The van der Waals surface area contributed by atoms with Gasteiger partial charge in [-0.05, 0) is 57.2 Å². The predicted molar refractivity (Wildman–Crippen MR) is 91.6 cm³/mol. The van der Waals surface area contributed by atoms with Gasteiger partial charge in [0.05, 0.1) is 5.25 Å². The number of hydrogen-bond acceptors (Lipinski definition) is 3. The highest BCUT2D eigenvalue weighted by atomic mass is 32.2. The third-order valence-electron chi connectivity index (χ3n) is 3.26. The van der Waals surface area contributed by atoms with Gasteiger partial charge in [-0.1, -0.05) is 17.7 Å². The van der Waals surface area contributed by atoms with Crippen molar-refractivity contribution in [1.29, 1.82) is 0 Å². The maximum Gasteiger partial charge on any atom is 0.237 e. The van der Waals surface area contributed by atoms with Gasteiger partial charge in [0.1, 0.15) is 0 Å². The van der Waals surface area contributed by atoms with Crippen LogP contribution in [0.5, 0.6) is 0 Å². The van der Waals surface area contributed by atoms with Crippen LogP contribution in [0.15, 0.2) is 53.4 Å². The lowest BCUT2D eigenvalue weighted by atomic mass is 10.1. The number of Topliss-reactive ketones (excluding diaryl/α,β-unsaturated/α-hetero) is 1. The van der Waals surface area contributed by atoms with Crippen LogP contribution in [-0.4, -0.2) is 16.9 Å². The van der Waals surface area contributed by atoms with Gasteiger partial charge in [0.2, 0.25) is 5.91 Å². The van der Waals surface area contributed by atoms with E-state index in [1.165, 1.54) is 24.2 Å². The fraction of sp³-hybridized carbons (Fsp3) is 0.222. The highest BCUT2D eigenvalue weighted by Gasteiger charge is 2.14. The summed E-state index contributed by atoms with van der Waals surface area (Å²) in [5, 5.41) is 2.67. The standard InChI is InChI=1S/C18H19NO2S/c1-12-4-10-17(11-5-12)22-14(3)18(21)19-16-8-6-15(7-9-16)13(2)20/h4-11,14H,1-3H3,(H,19,21)/t14-/m0/s1. The first-order valence-electron chi connectivity index (χ1n) is 7.11. The van der Waals surface area contributed by atoms with Gasteiger partial charge in [-0.2, -0.15) is 0 Å². The Kier molecular flexibility index (Phi) is 5.39. The Balaban J connectivity index is 1.95. The smallest absolute Gasteiger partial charge is 0.237 e. The molecule has 0 aromatic heterocycles. The second-order valence-corrected chi connectivity index (χ2v) is 6.61. The van der Waals surface area contributed by atoms with E-state index in [-0.39, 0.29) is 16.9 Å². The van der Waals surface area contributed by atoms with Gasteiger partial charge in [-0.25, -0.2) is 0 Å². The molecule has 2 rings (SSSR count). The molecule has 3 nitrogen and oxygen atoms in total. The van der Waals surface area contributed by atoms with Gasteiger partial charge in [-0.3, -0.25) is 9.59 Å². The van der Waals surface area contributed by atoms with Crippen molar-refractivity contribution >= 4 is 29.1 Å². The van der Waals surface area contributed by atoms with Gasteiger partial charge in [0.15, 0.2) is 5.78 Å².